The van der Waals surface area contributed by atoms with Crippen molar-refractivity contribution < 1.29 is 14.3 Å². The van der Waals surface area contributed by atoms with E-state index >= 15 is 0 Å². The van der Waals surface area contributed by atoms with Crippen molar-refractivity contribution in [3.63, 3.8) is 0 Å². The number of thiazole rings is 1. The molecule has 4 aromatic rings. The standard InChI is InChI=1S/C30H26IN3O4S/c1-4-38-22-13-11-20(12-14-22)27-26(28(35)33-21-8-6-5-7-9-21)18(2)32-30-34(27)29(36)25(39-30)17-19-10-15-24(37-3)23(31)16-19/h5-17,27H,4H2,1-3H3,(H,33,35). The number of carbonyl (C=O) groups is 1. The molecule has 0 saturated heterocycles. The van der Waals surface area contributed by atoms with Gasteiger partial charge in [0.15, 0.2) is 4.80 Å². The predicted octanol–water partition coefficient (Wildman–Crippen LogP) is 4.89. The number of nitrogens with zero attached hydrogens (tertiary/aromatic N) is 2. The molecule has 0 radical (unpaired) electrons. The van der Waals surface area contributed by atoms with Gasteiger partial charge < -0.3 is 14.8 Å². The number of carbonyl (C=O) groups excluding carboxylic acids is 1. The molecule has 0 fully saturated rings. The van der Waals surface area contributed by atoms with Crippen molar-refractivity contribution in [1.29, 1.82) is 0 Å². The van der Waals surface area contributed by atoms with Gasteiger partial charge >= 0.3 is 0 Å². The van der Waals surface area contributed by atoms with E-state index in [4.69, 9.17) is 14.5 Å². The molecule has 39 heavy (non-hydrogen) atoms. The number of allylic oxidation sites excluding steroid dienone is 1. The van der Waals surface area contributed by atoms with Crippen molar-refractivity contribution in [2.45, 2.75) is 19.9 Å². The molecule has 1 unspecified atom stereocenters. The van der Waals surface area contributed by atoms with Crippen LogP contribution in [0.15, 0.2) is 93.9 Å². The highest BCUT2D eigenvalue weighted by Gasteiger charge is 2.32. The molecule has 198 valence electrons. The van der Waals surface area contributed by atoms with Crippen LogP contribution in [0.25, 0.3) is 6.08 Å². The SMILES string of the molecule is CCOc1ccc(C2C(C(=O)Nc3ccccc3)=C(C)N=c3sc(=Cc4ccc(OC)c(I)c4)c(=O)n32)cc1. The number of hydrogen-bond donors (Lipinski definition) is 1. The summed E-state index contributed by atoms with van der Waals surface area (Å²) < 4.78 is 14.1. The van der Waals surface area contributed by atoms with Crippen LogP contribution in [-0.4, -0.2) is 24.2 Å². The number of methoxy groups -OCH3 is 1. The van der Waals surface area contributed by atoms with Gasteiger partial charge in [0.1, 0.15) is 11.5 Å². The van der Waals surface area contributed by atoms with Crippen LogP contribution in [0.3, 0.4) is 0 Å². The average Bonchev–Trinajstić information content (AvgIpc) is 3.23. The van der Waals surface area contributed by atoms with Crippen molar-refractivity contribution in [3.05, 3.63) is 118 Å². The second-order valence-electron chi connectivity index (χ2n) is 8.80. The Labute approximate surface area is 243 Å². The molecule has 5 rings (SSSR count). The van der Waals surface area contributed by atoms with Crippen LogP contribution in [0.1, 0.15) is 31.0 Å². The van der Waals surface area contributed by atoms with Gasteiger partial charge in [-0.15, -0.1) is 0 Å². The molecular weight excluding hydrogens is 625 g/mol. The van der Waals surface area contributed by atoms with Gasteiger partial charge in [0.25, 0.3) is 11.5 Å². The summed E-state index contributed by atoms with van der Waals surface area (Å²) in [5.41, 5.74) is 3.11. The summed E-state index contributed by atoms with van der Waals surface area (Å²) in [5, 5.41) is 2.97. The fourth-order valence-electron chi connectivity index (χ4n) is 4.48. The van der Waals surface area contributed by atoms with Crippen molar-refractivity contribution in [1.82, 2.24) is 4.57 Å². The van der Waals surface area contributed by atoms with Crippen molar-refractivity contribution in [2.24, 2.45) is 4.99 Å². The molecule has 1 atom stereocenters. The monoisotopic (exact) mass is 651 g/mol. The summed E-state index contributed by atoms with van der Waals surface area (Å²) in [5.74, 6) is 1.19. The quantitative estimate of drug-likeness (QED) is 0.289. The van der Waals surface area contributed by atoms with Crippen molar-refractivity contribution >= 4 is 51.6 Å². The lowest BCUT2D eigenvalue weighted by atomic mass is 9.95. The molecule has 1 aliphatic rings. The Kier molecular flexibility index (Phi) is 7.99. The van der Waals surface area contributed by atoms with Gasteiger partial charge in [-0.3, -0.25) is 14.2 Å². The molecule has 0 spiro atoms. The third-order valence-electron chi connectivity index (χ3n) is 6.28. The van der Waals surface area contributed by atoms with Crippen LogP contribution in [0.5, 0.6) is 11.5 Å². The highest BCUT2D eigenvalue weighted by Crippen LogP contribution is 2.32. The molecular formula is C30H26IN3O4S. The molecule has 2 heterocycles. The average molecular weight is 652 g/mol. The molecule has 1 aliphatic heterocycles. The minimum absolute atomic E-state index is 0.207. The summed E-state index contributed by atoms with van der Waals surface area (Å²) in [7, 11) is 1.63. The molecule has 1 amide bonds. The van der Waals surface area contributed by atoms with Crippen molar-refractivity contribution in [2.75, 3.05) is 19.0 Å². The van der Waals surface area contributed by atoms with Gasteiger partial charge in [0.05, 0.1) is 39.1 Å². The first-order valence-corrected chi connectivity index (χ1v) is 14.2. The molecule has 1 aromatic heterocycles. The van der Waals surface area contributed by atoms with E-state index in [1.807, 2.05) is 92.7 Å². The lowest BCUT2D eigenvalue weighted by Crippen LogP contribution is -2.40. The molecule has 0 aliphatic carbocycles. The second-order valence-corrected chi connectivity index (χ2v) is 11.0. The molecule has 0 saturated carbocycles. The maximum Gasteiger partial charge on any atom is 0.271 e. The predicted molar refractivity (Wildman–Crippen MR) is 162 cm³/mol. The number of nitrogens with one attached hydrogen (secondary N) is 1. The van der Waals surface area contributed by atoms with E-state index in [1.54, 1.807) is 11.7 Å². The number of fused-ring (bicyclic) bond motifs is 1. The maximum atomic E-state index is 13.9. The Morgan fingerprint density at radius 1 is 1.13 bits per heavy atom. The van der Waals surface area contributed by atoms with E-state index in [-0.39, 0.29) is 11.5 Å². The molecule has 1 N–H and O–H groups in total. The second kappa shape index (κ2) is 11.6. The number of ether oxygens (including phenoxy) is 2. The summed E-state index contributed by atoms with van der Waals surface area (Å²) in [6.45, 7) is 4.28. The zero-order chi connectivity index (χ0) is 27.5. The molecule has 0 bridgehead atoms. The first-order chi connectivity index (χ1) is 18.9. The van der Waals surface area contributed by atoms with E-state index in [1.165, 1.54) is 11.3 Å². The van der Waals surface area contributed by atoms with E-state index in [2.05, 4.69) is 27.9 Å². The van der Waals surface area contributed by atoms with Crippen LogP contribution in [-0.2, 0) is 4.79 Å². The van der Waals surface area contributed by atoms with Crippen molar-refractivity contribution in [3.8, 4) is 11.5 Å². The fraction of sp³-hybridized carbons (Fsp3) is 0.167. The zero-order valence-electron chi connectivity index (χ0n) is 21.6. The van der Waals surface area contributed by atoms with Gasteiger partial charge in [0, 0.05) is 5.69 Å². The van der Waals surface area contributed by atoms with Crippen LogP contribution in [0, 0.1) is 3.57 Å². The van der Waals surface area contributed by atoms with E-state index < -0.39 is 6.04 Å². The lowest BCUT2D eigenvalue weighted by molar-refractivity contribution is -0.113. The first kappa shape index (κ1) is 26.9. The lowest BCUT2D eigenvalue weighted by Gasteiger charge is -2.25. The highest BCUT2D eigenvalue weighted by atomic mass is 127. The topological polar surface area (TPSA) is 81.9 Å². The van der Waals surface area contributed by atoms with Gasteiger partial charge in [-0.25, -0.2) is 4.99 Å². The minimum Gasteiger partial charge on any atom is -0.496 e. The molecule has 9 heteroatoms. The highest BCUT2D eigenvalue weighted by molar-refractivity contribution is 14.1. The smallest absolute Gasteiger partial charge is 0.271 e. The first-order valence-electron chi connectivity index (χ1n) is 12.3. The summed E-state index contributed by atoms with van der Waals surface area (Å²) in [6, 6.07) is 21.9. The van der Waals surface area contributed by atoms with Gasteiger partial charge in [-0.2, -0.15) is 0 Å². The number of amides is 1. The van der Waals surface area contributed by atoms with E-state index in [9.17, 15) is 9.59 Å². The Balaban J connectivity index is 1.65. The van der Waals surface area contributed by atoms with Crippen LogP contribution >= 0.6 is 33.9 Å². The Bertz CT molecular complexity index is 1740. The summed E-state index contributed by atoms with van der Waals surface area (Å²) in [6.07, 6.45) is 1.85. The summed E-state index contributed by atoms with van der Waals surface area (Å²) >= 11 is 3.52. The number of aromatic nitrogens is 1. The number of anilines is 1. The third kappa shape index (κ3) is 5.55. The van der Waals surface area contributed by atoms with Gasteiger partial charge in [-0.1, -0.05) is 47.7 Å². The normalized spacial score (nSPS) is 15.0. The molecule has 3 aromatic carbocycles. The van der Waals surface area contributed by atoms with Crippen LogP contribution < -0.4 is 29.7 Å². The Morgan fingerprint density at radius 3 is 2.54 bits per heavy atom. The minimum atomic E-state index is -0.654. The molecule has 7 nitrogen and oxygen atoms in total. The number of halogens is 1. The fourth-order valence-corrected chi connectivity index (χ4v) is 6.29. The number of benzene rings is 3. The van der Waals surface area contributed by atoms with Gasteiger partial charge in [0.2, 0.25) is 0 Å². The Morgan fingerprint density at radius 2 is 1.87 bits per heavy atom. The van der Waals surface area contributed by atoms with E-state index in [0.29, 0.717) is 32.9 Å². The number of hydrogen-bond acceptors (Lipinski definition) is 6. The third-order valence-corrected chi connectivity index (χ3v) is 8.10. The maximum absolute atomic E-state index is 13.9. The number of rotatable bonds is 7. The zero-order valence-corrected chi connectivity index (χ0v) is 24.6. The van der Waals surface area contributed by atoms with Crippen LogP contribution in [0.2, 0.25) is 0 Å². The Hall–Kier alpha value is -3.70. The van der Waals surface area contributed by atoms with Gasteiger partial charge in [-0.05, 0) is 90.0 Å². The number of para-hydroxylation sites is 1. The van der Waals surface area contributed by atoms with E-state index in [0.717, 1.165) is 26.2 Å². The van der Waals surface area contributed by atoms with Crippen LogP contribution in [0.4, 0.5) is 5.69 Å². The summed E-state index contributed by atoms with van der Waals surface area (Å²) in [4.78, 5) is 32.8. The largest absolute Gasteiger partial charge is 0.496 e.